The number of ketones is 2. The van der Waals surface area contributed by atoms with Gasteiger partial charge in [0.1, 0.15) is 18.2 Å². The van der Waals surface area contributed by atoms with Crippen LogP contribution in [0, 0.1) is 5.92 Å². The summed E-state index contributed by atoms with van der Waals surface area (Å²) >= 11 is 0. The molecule has 0 aromatic rings. The quantitative estimate of drug-likeness (QED) is 0.306. The zero-order valence-electron chi connectivity index (χ0n) is 9.78. The van der Waals surface area contributed by atoms with Gasteiger partial charge in [0.05, 0.1) is 12.7 Å². The summed E-state index contributed by atoms with van der Waals surface area (Å²) in [5, 5.41) is 36.5. The molecule has 0 radical (unpaired) electrons. The van der Waals surface area contributed by atoms with Gasteiger partial charge in [-0.1, -0.05) is 13.8 Å². The molecule has 0 aliphatic carbocycles. The van der Waals surface area contributed by atoms with Gasteiger partial charge in [-0.2, -0.15) is 0 Å². The lowest BCUT2D eigenvalue weighted by Crippen LogP contribution is -2.53. The molecule has 6 N–H and O–H groups in total. The van der Waals surface area contributed by atoms with Gasteiger partial charge in [-0.05, 0) is 5.92 Å². The lowest BCUT2D eigenvalue weighted by Gasteiger charge is -2.25. The van der Waals surface area contributed by atoms with E-state index in [2.05, 4.69) is 0 Å². The molecule has 100 valence electrons. The summed E-state index contributed by atoms with van der Waals surface area (Å²) in [7, 11) is 0. The second-order valence-corrected chi connectivity index (χ2v) is 4.18. The minimum Gasteiger partial charge on any atom is -0.393 e. The molecule has 0 aliphatic rings. The van der Waals surface area contributed by atoms with Gasteiger partial charge in [0, 0.05) is 0 Å². The number of carbonyl (C=O) groups is 2. The number of nitrogens with two attached hydrogens (primary N) is 1. The van der Waals surface area contributed by atoms with Crippen LogP contribution in [0.1, 0.15) is 13.8 Å². The maximum absolute atomic E-state index is 11.4. The van der Waals surface area contributed by atoms with E-state index < -0.39 is 42.5 Å². The highest BCUT2D eigenvalue weighted by atomic mass is 16.3. The van der Waals surface area contributed by atoms with Crippen molar-refractivity contribution in [3.8, 4) is 0 Å². The van der Waals surface area contributed by atoms with E-state index in [9.17, 15) is 19.8 Å². The van der Waals surface area contributed by atoms with E-state index in [0.29, 0.717) is 0 Å². The Morgan fingerprint density at radius 3 is 1.88 bits per heavy atom. The summed E-state index contributed by atoms with van der Waals surface area (Å²) < 4.78 is 0. The fraction of sp³-hybridized carbons (Fsp3) is 0.800. The average molecular weight is 249 g/mol. The summed E-state index contributed by atoms with van der Waals surface area (Å²) in [5.41, 5.74) is 5.32. The number of Topliss-reactive ketones (excluding diaryl/α,β-unsaturated/α-hetero) is 2. The Morgan fingerprint density at radius 2 is 1.53 bits per heavy atom. The lowest BCUT2D eigenvalue weighted by atomic mass is 9.92. The van der Waals surface area contributed by atoms with Crippen LogP contribution in [-0.4, -0.2) is 63.0 Å². The molecule has 7 nitrogen and oxygen atoms in total. The molecule has 0 amide bonds. The van der Waals surface area contributed by atoms with Gasteiger partial charge >= 0.3 is 0 Å². The number of aliphatic hydroxyl groups excluding tert-OH is 4. The largest absolute Gasteiger partial charge is 0.393 e. The molecule has 0 aliphatic heterocycles. The summed E-state index contributed by atoms with van der Waals surface area (Å²) in [6, 6.07) is -1.62. The van der Waals surface area contributed by atoms with Crippen LogP contribution in [-0.2, 0) is 9.59 Å². The molecule has 4 atom stereocenters. The summed E-state index contributed by atoms with van der Waals surface area (Å²) in [6.45, 7) is 2.31. The molecule has 17 heavy (non-hydrogen) atoms. The van der Waals surface area contributed by atoms with Gasteiger partial charge < -0.3 is 26.2 Å². The average Bonchev–Trinajstić information content (AvgIpc) is 2.32. The van der Waals surface area contributed by atoms with Crippen molar-refractivity contribution in [2.75, 3.05) is 6.61 Å². The van der Waals surface area contributed by atoms with Crippen LogP contribution < -0.4 is 5.73 Å². The highest BCUT2D eigenvalue weighted by molar-refractivity contribution is 6.40. The third-order valence-corrected chi connectivity index (χ3v) is 2.42. The fourth-order valence-corrected chi connectivity index (χ4v) is 1.17. The Hall–Kier alpha value is -0.860. The lowest BCUT2D eigenvalue weighted by molar-refractivity contribution is -0.146. The van der Waals surface area contributed by atoms with Gasteiger partial charge in [-0.15, -0.1) is 0 Å². The first-order chi connectivity index (χ1) is 7.73. The molecule has 7 heteroatoms. The highest BCUT2D eigenvalue weighted by Crippen LogP contribution is 2.09. The molecule has 0 rings (SSSR count). The van der Waals surface area contributed by atoms with Crippen molar-refractivity contribution in [1.82, 2.24) is 0 Å². The number of rotatable bonds is 7. The Morgan fingerprint density at radius 1 is 1.06 bits per heavy atom. The summed E-state index contributed by atoms with van der Waals surface area (Å²) in [4.78, 5) is 22.6. The van der Waals surface area contributed by atoms with Crippen LogP contribution in [0.3, 0.4) is 0 Å². The highest BCUT2D eigenvalue weighted by Gasteiger charge is 2.35. The van der Waals surface area contributed by atoms with Crippen molar-refractivity contribution in [1.29, 1.82) is 0 Å². The van der Waals surface area contributed by atoms with Gasteiger partial charge in [0.25, 0.3) is 0 Å². The number of hydrogen-bond donors (Lipinski definition) is 5. The van der Waals surface area contributed by atoms with Crippen molar-refractivity contribution < 1.29 is 30.0 Å². The SMILES string of the molecule is CC(C)C(O)C(O)[C@H](N)C(=O)C(=O)[C@H](O)CO. The van der Waals surface area contributed by atoms with E-state index in [1.807, 2.05) is 0 Å². The Balaban J connectivity index is 4.65. The fourth-order valence-electron chi connectivity index (χ4n) is 1.17. The van der Waals surface area contributed by atoms with E-state index >= 15 is 0 Å². The van der Waals surface area contributed by atoms with Crippen molar-refractivity contribution in [2.45, 2.75) is 38.2 Å². The predicted octanol–water partition coefficient (Wildman–Crippen LogP) is -2.82. The monoisotopic (exact) mass is 249 g/mol. The van der Waals surface area contributed by atoms with Gasteiger partial charge in [0.15, 0.2) is 0 Å². The van der Waals surface area contributed by atoms with Crippen LogP contribution in [0.25, 0.3) is 0 Å². The van der Waals surface area contributed by atoms with Crippen molar-refractivity contribution in [2.24, 2.45) is 11.7 Å². The minimum absolute atomic E-state index is 0.346. The molecule has 0 aromatic carbocycles. The van der Waals surface area contributed by atoms with Crippen molar-refractivity contribution >= 4 is 11.6 Å². The number of hydrogen-bond acceptors (Lipinski definition) is 7. The first-order valence-corrected chi connectivity index (χ1v) is 5.22. The summed E-state index contributed by atoms with van der Waals surface area (Å²) in [5.74, 6) is -2.85. The number of carbonyl (C=O) groups excluding carboxylic acids is 2. The molecule has 0 bridgehead atoms. The van der Waals surface area contributed by atoms with E-state index in [-0.39, 0.29) is 5.92 Å². The number of aliphatic hydroxyl groups is 4. The van der Waals surface area contributed by atoms with Crippen LogP contribution in [0.15, 0.2) is 0 Å². The molecule has 0 fully saturated rings. The Labute approximate surface area is 98.9 Å². The molecule has 0 spiro atoms. The van der Waals surface area contributed by atoms with Crippen LogP contribution >= 0.6 is 0 Å². The maximum atomic E-state index is 11.4. The smallest absolute Gasteiger partial charge is 0.230 e. The molecular formula is C10H19NO6. The van der Waals surface area contributed by atoms with Gasteiger partial charge in [-0.25, -0.2) is 0 Å². The van der Waals surface area contributed by atoms with Crippen LogP contribution in [0.4, 0.5) is 0 Å². The second kappa shape index (κ2) is 6.77. The zero-order valence-corrected chi connectivity index (χ0v) is 9.78. The van der Waals surface area contributed by atoms with Gasteiger partial charge in [0.2, 0.25) is 11.6 Å². The molecule has 0 heterocycles. The Bertz CT molecular complexity index is 280. The first-order valence-electron chi connectivity index (χ1n) is 5.22. The Kier molecular flexibility index (Phi) is 6.43. The molecule has 0 aromatic heterocycles. The van der Waals surface area contributed by atoms with Crippen molar-refractivity contribution in [3.63, 3.8) is 0 Å². The van der Waals surface area contributed by atoms with Crippen molar-refractivity contribution in [3.05, 3.63) is 0 Å². The zero-order chi connectivity index (χ0) is 13.7. The first kappa shape index (κ1) is 16.1. The third kappa shape index (κ3) is 4.14. The van der Waals surface area contributed by atoms with E-state index in [4.69, 9.17) is 15.9 Å². The molecule has 2 unspecified atom stereocenters. The third-order valence-electron chi connectivity index (χ3n) is 2.42. The second-order valence-electron chi connectivity index (χ2n) is 4.18. The van der Waals surface area contributed by atoms with Gasteiger partial charge in [-0.3, -0.25) is 9.59 Å². The van der Waals surface area contributed by atoms with E-state index in [1.165, 1.54) is 0 Å². The topological polar surface area (TPSA) is 141 Å². The van der Waals surface area contributed by atoms with E-state index in [0.717, 1.165) is 0 Å². The molecular weight excluding hydrogens is 230 g/mol. The van der Waals surface area contributed by atoms with Crippen LogP contribution in [0.5, 0.6) is 0 Å². The normalized spacial score (nSPS) is 18.6. The van der Waals surface area contributed by atoms with E-state index in [1.54, 1.807) is 13.8 Å². The molecule has 0 saturated carbocycles. The minimum atomic E-state index is -1.85. The van der Waals surface area contributed by atoms with Crippen LogP contribution in [0.2, 0.25) is 0 Å². The maximum Gasteiger partial charge on any atom is 0.230 e. The predicted molar refractivity (Wildman–Crippen MR) is 57.9 cm³/mol. The summed E-state index contributed by atoms with van der Waals surface area (Å²) in [6.07, 6.45) is -4.71. The standard InChI is InChI=1S/C10H19NO6/c1-4(2)7(14)9(16)6(11)10(17)8(15)5(13)3-12/h4-7,9,12-14,16H,3,11H2,1-2H3/t5-,6+,7?,9?/m1/s1. The molecule has 0 saturated heterocycles.